The van der Waals surface area contributed by atoms with Gasteiger partial charge in [-0.05, 0) is 43.9 Å². The van der Waals surface area contributed by atoms with E-state index in [4.69, 9.17) is 5.73 Å². The van der Waals surface area contributed by atoms with Crippen LogP contribution < -0.4 is 5.73 Å². The molecular weight excluding hydrogens is 222 g/mol. The molecule has 1 rings (SSSR count). The van der Waals surface area contributed by atoms with Gasteiger partial charge in [-0.1, -0.05) is 12.1 Å². The van der Waals surface area contributed by atoms with E-state index in [1.54, 1.807) is 18.2 Å². The number of nitrogens with two attached hydrogens (primary N) is 1. The van der Waals surface area contributed by atoms with Crippen molar-refractivity contribution in [2.24, 2.45) is 5.73 Å². The van der Waals surface area contributed by atoms with E-state index in [9.17, 15) is 8.42 Å². The summed E-state index contributed by atoms with van der Waals surface area (Å²) < 4.78 is 22.7. The topological polar surface area (TPSA) is 60.2 Å². The molecule has 0 bridgehead atoms. The van der Waals surface area contributed by atoms with Crippen molar-refractivity contribution < 1.29 is 8.42 Å². The molecule has 0 saturated heterocycles. The maximum Gasteiger partial charge on any atom is 0.175 e. The fourth-order valence-corrected chi connectivity index (χ4v) is 2.25. The van der Waals surface area contributed by atoms with Crippen molar-refractivity contribution in [3.8, 4) is 0 Å². The molecule has 0 saturated carbocycles. The molecule has 1 aromatic rings. The van der Waals surface area contributed by atoms with Crippen LogP contribution in [0.5, 0.6) is 0 Å². The Labute approximate surface area is 97.6 Å². The van der Waals surface area contributed by atoms with Crippen molar-refractivity contribution in [3.05, 3.63) is 29.8 Å². The van der Waals surface area contributed by atoms with E-state index in [-0.39, 0.29) is 6.04 Å². The maximum absolute atomic E-state index is 11.3. The van der Waals surface area contributed by atoms with Crippen LogP contribution >= 0.6 is 0 Å². The first-order chi connectivity index (χ1) is 7.39. The van der Waals surface area contributed by atoms with E-state index in [2.05, 4.69) is 0 Å². The molecule has 1 aromatic carbocycles. The van der Waals surface area contributed by atoms with Gasteiger partial charge in [0.1, 0.15) is 0 Å². The van der Waals surface area contributed by atoms with Crippen LogP contribution in [0.4, 0.5) is 0 Å². The van der Waals surface area contributed by atoms with Crippen molar-refractivity contribution in [2.45, 2.75) is 37.1 Å². The molecule has 0 aliphatic heterocycles. The van der Waals surface area contributed by atoms with Crippen LogP contribution in [0.2, 0.25) is 0 Å². The second kappa shape index (κ2) is 5.46. The SMILES string of the molecule is CC(N)CCCc1cccc(S(C)(=O)=O)c1. The van der Waals surface area contributed by atoms with Crippen molar-refractivity contribution >= 4 is 9.84 Å². The number of sulfone groups is 1. The van der Waals surface area contributed by atoms with Crippen LogP contribution in [0.15, 0.2) is 29.2 Å². The average Bonchev–Trinajstić information content (AvgIpc) is 2.16. The Balaban J connectivity index is 2.69. The summed E-state index contributed by atoms with van der Waals surface area (Å²) in [6.07, 6.45) is 4.06. The highest BCUT2D eigenvalue weighted by Gasteiger charge is 2.07. The van der Waals surface area contributed by atoms with Crippen LogP contribution in [-0.2, 0) is 16.3 Å². The molecule has 1 unspecified atom stereocenters. The highest BCUT2D eigenvalue weighted by molar-refractivity contribution is 7.90. The Kier molecular flexibility index (Phi) is 4.50. The van der Waals surface area contributed by atoms with Gasteiger partial charge in [-0.3, -0.25) is 0 Å². The molecule has 3 nitrogen and oxygen atoms in total. The normalized spacial score (nSPS) is 13.7. The minimum atomic E-state index is -3.09. The van der Waals surface area contributed by atoms with Crippen molar-refractivity contribution in [3.63, 3.8) is 0 Å². The van der Waals surface area contributed by atoms with Crippen LogP contribution in [-0.4, -0.2) is 20.7 Å². The van der Waals surface area contributed by atoms with Crippen LogP contribution in [0, 0.1) is 0 Å². The zero-order valence-corrected chi connectivity index (χ0v) is 10.6. The lowest BCUT2D eigenvalue weighted by Crippen LogP contribution is -2.14. The Morgan fingerprint density at radius 2 is 2.06 bits per heavy atom. The van der Waals surface area contributed by atoms with Crippen molar-refractivity contribution in [2.75, 3.05) is 6.26 Å². The lowest BCUT2D eigenvalue weighted by molar-refractivity contribution is 0.601. The predicted octanol–water partition coefficient (Wildman–Crippen LogP) is 1.76. The molecule has 2 N–H and O–H groups in total. The van der Waals surface area contributed by atoms with Crippen LogP contribution in [0.25, 0.3) is 0 Å². The van der Waals surface area contributed by atoms with Gasteiger partial charge < -0.3 is 5.73 Å². The summed E-state index contributed by atoms with van der Waals surface area (Å²) in [6, 6.07) is 7.33. The smallest absolute Gasteiger partial charge is 0.175 e. The van der Waals surface area contributed by atoms with E-state index in [0.29, 0.717) is 4.90 Å². The lowest BCUT2D eigenvalue weighted by Gasteiger charge is -2.06. The third-order valence-electron chi connectivity index (χ3n) is 2.45. The van der Waals surface area contributed by atoms with Crippen LogP contribution in [0.1, 0.15) is 25.3 Å². The molecule has 0 fully saturated rings. The largest absolute Gasteiger partial charge is 0.328 e. The molecule has 16 heavy (non-hydrogen) atoms. The van der Waals surface area contributed by atoms with Crippen molar-refractivity contribution in [1.29, 1.82) is 0 Å². The van der Waals surface area contributed by atoms with Gasteiger partial charge in [-0.15, -0.1) is 0 Å². The third-order valence-corrected chi connectivity index (χ3v) is 3.56. The second-order valence-electron chi connectivity index (χ2n) is 4.29. The van der Waals surface area contributed by atoms with Gasteiger partial charge in [0, 0.05) is 12.3 Å². The molecule has 0 aliphatic carbocycles. The van der Waals surface area contributed by atoms with Gasteiger partial charge in [0.15, 0.2) is 9.84 Å². The molecule has 90 valence electrons. The average molecular weight is 241 g/mol. The second-order valence-corrected chi connectivity index (χ2v) is 6.30. The minimum Gasteiger partial charge on any atom is -0.328 e. The van der Waals surface area contributed by atoms with Gasteiger partial charge >= 0.3 is 0 Å². The van der Waals surface area contributed by atoms with Crippen LogP contribution in [0.3, 0.4) is 0 Å². The molecule has 0 amide bonds. The van der Waals surface area contributed by atoms with Gasteiger partial charge in [0.05, 0.1) is 4.90 Å². The maximum atomic E-state index is 11.3. The minimum absolute atomic E-state index is 0.207. The Morgan fingerprint density at radius 1 is 1.38 bits per heavy atom. The molecule has 0 aromatic heterocycles. The molecular formula is C12H19NO2S. The molecule has 1 atom stereocenters. The molecule has 4 heteroatoms. The number of rotatable bonds is 5. The first-order valence-corrected chi connectivity index (χ1v) is 7.33. The van der Waals surface area contributed by atoms with E-state index in [1.165, 1.54) is 6.26 Å². The fraction of sp³-hybridized carbons (Fsp3) is 0.500. The first kappa shape index (κ1) is 13.2. The Morgan fingerprint density at radius 3 is 2.62 bits per heavy atom. The summed E-state index contributed by atoms with van der Waals surface area (Å²) >= 11 is 0. The summed E-state index contributed by atoms with van der Waals surface area (Å²) in [5.41, 5.74) is 6.72. The monoisotopic (exact) mass is 241 g/mol. The highest BCUT2D eigenvalue weighted by atomic mass is 32.2. The summed E-state index contributed by atoms with van der Waals surface area (Å²) in [6.45, 7) is 1.98. The summed E-state index contributed by atoms with van der Waals surface area (Å²) in [5.74, 6) is 0. The third kappa shape index (κ3) is 4.33. The number of hydrogen-bond donors (Lipinski definition) is 1. The number of benzene rings is 1. The van der Waals surface area contributed by atoms with Gasteiger partial charge in [-0.2, -0.15) is 0 Å². The Hall–Kier alpha value is -0.870. The quantitative estimate of drug-likeness (QED) is 0.854. The number of aryl methyl sites for hydroxylation is 1. The van der Waals surface area contributed by atoms with E-state index >= 15 is 0 Å². The predicted molar refractivity (Wildman–Crippen MR) is 66.1 cm³/mol. The van der Waals surface area contributed by atoms with Gasteiger partial charge in [0.2, 0.25) is 0 Å². The fourth-order valence-electron chi connectivity index (χ4n) is 1.56. The standard InChI is InChI=1S/C12H19NO2S/c1-10(13)5-3-6-11-7-4-8-12(9-11)16(2,14)15/h4,7-10H,3,5-6,13H2,1-2H3. The molecule has 0 radical (unpaired) electrons. The summed E-state index contributed by atoms with van der Waals surface area (Å²) in [4.78, 5) is 0.394. The van der Waals surface area contributed by atoms with E-state index < -0.39 is 9.84 Å². The Bertz CT molecular complexity index is 438. The molecule has 0 spiro atoms. The molecule has 0 aliphatic rings. The molecule has 0 heterocycles. The lowest BCUT2D eigenvalue weighted by atomic mass is 10.1. The highest BCUT2D eigenvalue weighted by Crippen LogP contribution is 2.13. The van der Waals surface area contributed by atoms with Crippen molar-refractivity contribution in [1.82, 2.24) is 0 Å². The van der Waals surface area contributed by atoms with Gasteiger partial charge in [-0.25, -0.2) is 8.42 Å². The van der Waals surface area contributed by atoms with E-state index in [1.807, 2.05) is 13.0 Å². The summed E-state index contributed by atoms with van der Waals surface area (Å²) in [7, 11) is -3.09. The van der Waals surface area contributed by atoms with E-state index in [0.717, 1.165) is 24.8 Å². The van der Waals surface area contributed by atoms with Gasteiger partial charge in [0.25, 0.3) is 0 Å². The zero-order chi connectivity index (χ0) is 12.2. The summed E-state index contributed by atoms with van der Waals surface area (Å²) in [5, 5.41) is 0. The first-order valence-electron chi connectivity index (χ1n) is 5.44. The number of hydrogen-bond acceptors (Lipinski definition) is 3. The zero-order valence-electron chi connectivity index (χ0n) is 9.81.